The first kappa shape index (κ1) is 11.9. The van der Waals surface area contributed by atoms with Crippen molar-refractivity contribution < 1.29 is 22.0 Å². The molecular formula is C9H8F5N. The SMILES string of the molecule is CC(N)(c1c(F)cccc1F)C(F)(F)F. The molecule has 84 valence electrons. The van der Waals surface area contributed by atoms with Crippen molar-refractivity contribution >= 4 is 0 Å². The Morgan fingerprint density at radius 3 is 1.80 bits per heavy atom. The second-order valence-corrected chi connectivity index (χ2v) is 3.30. The molecule has 15 heavy (non-hydrogen) atoms. The number of benzene rings is 1. The highest BCUT2D eigenvalue weighted by Crippen LogP contribution is 2.38. The van der Waals surface area contributed by atoms with Crippen LogP contribution in [0.15, 0.2) is 18.2 Å². The second-order valence-electron chi connectivity index (χ2n) is 3.30. The van der Waals surface area contributed by atoms with Gasteiger partial charge in [-0.25, -0.2) is 8.78 Å². The number of halogens is 5. The van der Waals surface area contributed by atoms with Gasteiger partial charge in [0, 0.05) is 0 Å². The third-order valence-corrected chi connectivity index (χ3v) is 2.07. The minimum absolute atomic E-state index is 0.522. The van der Waals surface area contributed by atoms with E-state index < -0.39 is 28.9 Å². The molecule has 0 spiro atoms. The van der Waals surface area contributed by atoms with Crippen molar-refractivity contribution in [3.05, 3.63) is 35.4 Å². The van der Waals surface area contributed by atoms with Crippen LogP contribution in [-0.4, -0.2) is 6.18 Å². The van der Waals surface area contributed by atoms with E-state index in [-0.39, 0.29) is 0 Å². The molecule has 0 heterocycles. The summed E-state index contributed by atoms with van der Waals surface area (Å²) in [7, 11) is 0. The molecule has 0 saturated carbocycles. The molecule has 1 rings (SSSR count). The van der Waals surface area contributed by atoms with Gasteiger partial charge in [0.25, 0.3) is 0 Å². The molecule has 0 aliphatic carbocycles. The molecule has 1 aromatic carbocycles. The average Bonchev–Trinajstić information content (AvgIpc) is 2.00. The fraction of sp³-hybridized carbons (Fsp3) is 0.333. The topological polar surface area (TPSA) is 26.0 Å². The van der Waals surface area contributed by atoms with E-state index in [0.29, 0.717) is 6.92 Å². The third-order valence-electron chi connectivity index (χ3n) is 2.07. The van der Waals surface area contributed by atoms with E-state index in [1.807, 2.05) is 0 Å². The molecule has 0 amide bonds. The van der Waals surface area contributed by atoms with E-state index >= 15 is 0 Å². The van der Waals surface area contributed by atoms with Crippen LogP contribution in [0.2, 0.25) is 0 Å². The monoisotopic (exact) mass is 225 g/mol. The van der Waals surface area contributed by atoms with E-state index in [9.17, 15) is 22.0 Å². The Bertz CT molecular complexity index is 349. The summed E-state index contributed by atoms with van der Waals surface area (Å²) in [5.41, 5.74) is 0.704. The maximum atomic E-state index is 13.1. The summed E-state index contributed by atoms with van der Waals surface area (Å²) in [6, 6.07) is 2.44. The Hall–Kier alpha value is -1.17. The fourth-order valence-corrected chi connectivity index (χ4v) is 1.14. The van der Waals surface area contributed by atoms with Crippen LogP contribution in [0.25, 0.3) is 0 Å². The standard InChI is InChI=1S/C9H8F5N/c1-8(15,9(12,13)14)7-5(10)3-2-4-6(7)11/h2-4H,15H2,1H3. The van der Waals surface area contributed by atoms with Crippen molar-refractivity contribution in [3.63, 3.8) is 0 Å². The van der Waals surface area contributed by atoms with E-state index in [2.05, 4.69) is 0 Å². The predicted molar refractivity (Wildman–Crippen MR) is 44.0 cm³/mol. The second kappa shape index (κ2) is 3.44. The van der Waals surface area contributed by atoms with Crippen molar-refractivity contribution in [1.29, 1.82) is 0 Å². The largest absolute Gasteiger partial charge is 0.410 e. The molecule has 1 atom stereocenters. The zero-order valence-corrected chi connectivity index (χ0v) is 7.70. The van der Waals surface area contributed by atoms with Crippen LogP contribution in [0, 0.1) is 11.6 Å². The van der Waals surface area contributed by atoms with Gasteiger partial charge in [-0.05, 0) is 19.1 Å². The zero-order chi connectivity index (χ0) is 11.9. The Labute approximate surface area is 82.7 Å². The van der Waals surface area contributed by atoms with Crippen LogP contribution in [0.3, 0.4) is 0 Å². The highest BCUT2D eigenvalue weighted by Gasteiger charge is 2.52. The van der Waals surface area contributed by atoms with Crippen molar-refractivity contribution in [2.75, 3.05) is 0 Å². The summed E-state index contributed by atoms with van der Waals surface area (Å²) < 4.78 is 63.4. The van der Waals surface area contributed by atoms with E-state index in [0.717, 1.165) is 18.2 Å². The Balaban J connectivity index is 3.39. The molecule has 0 bridgehead atoms. The Morgan fingerprint density at radius 1 is 1.07 bits per heavy atom. The van der Waals surface area contributed by atoms with Crippen molar-refractivity contribution in [1.82, 2.24) is 0 Å². The highest BCUT2D eigenvalue weighted by atomic mass is 19.4. The maximum absolute atomic E-state index is 13.1. The van der Waals surface area contributed by atoms with Crippen LogP contribution in [0.5, 0.6) is 0 Å². The van der Waals surface area contributed by atoms with Gasteiger partial charge in [-0.2, -0.15) is 13.2 Å². The molecule has 6 heteroatoms. The van der Waals surface area contributed by atoms with Gasteiger partial charge in [-0.3, -0.25) is 0 Å². The minimum Gasteiger partial charge on any atom is -0.314 e. The smallest absolute Gasteiger partial charge is 0.314 e. The van der Waals surface area contributed by atoms with Gasteiger partial charge in [0.1, 0.15) is 17.2 Å². The summed E-state index contributed by atoms with van der Waals surface area (Å²) >= 11 is 0. The lowest BCUT2D eigenvalue weighted by atomic mass is 9.91. The van der Waals surface area contributed by atoms with Crippen molar-refractivity contribution in [2.24, 2.45) is 5.73 Å². The van der Waals surface area contributed by atoms with Crippen LogP contribution in [0.4, 0.5) is 22.0 Å². The summed E-state index contributed by atoms with van der Waals surface area (Å²) in [6.45, 7) is 0.522. The van der Waals surface area contributed by atoms with E-state index in [1.165, 1.54) is 0 Å². The molecule has 1 aromatic rings. The highest BCUT2D eigenvalue weighted by molar-refractivity contribution is 5.28. The van der Waals surface area contributed by atoms with Gasteiger partial charge < -0.3 is 5.73 Å². The fourth-order valence-electron chi connectivity index (χ4n) is 1.14. The summed E-state index contributed by atoms with van der Waals surface area (Å²) in [6.07, 6.45) is -4.92. The number of rotatable bonds is 1. The van der Waals surface area contributed by atoms with Crippen LogP contribution in [0.1, 0.15) is 12.5 Å². The first-order valence-corrected chi connectivity index (χ1v) is 3.98. The number of hydrogen-bond acceptors (Lipinski definition) is 1. The summed E-state index contributed by atoms with van der Waals surface area (Å²) in [5, 5.41) is 0. The number of alkyl halides is 3. The van der Waals surface area contributed by atoms with E-state index in [1.54, 1.807) is 0 Å². The molecule has 0 aromatic heterocycles. The van der Waals surface area contributed by atoms with Gasteiger partial charge in [0.05, 0.1) is 5.56 Å². The minimum atomic E-state index is -4.92. The molecule has 0 saturated heterocycles. The molecule has 0 radical (unpaired) electrons. The lowest BCUT2D eigenvalue weighted by Crippen LogP contribution is -2.49. The van der Waals surface area contributed by atoms with Crippen molar-refractivity contribution in [3.8, 4) is 0 Å². The normalized spacial score (nSPS) is 16.2. The predicted octanol–water partition coefficient (Wildman–Crippen LogP) is 2.70. The molecule has 0 aliphatic rings. The molecule has 1 unspecified atom stereocenters. The molecule has 0 fully saturated rings. The van der Waals surface area contributed by atoms with E-state index in [4.69, 9.17) is 5.73 Å². The van der Waals surface area contributed by atoms with Crippen LogP contribution < -0.4 is 5.73 Å². The van der Waals surface area contributed by atoms with Gasteiger partial charge >= 0.3 is 6.18 Å². The number of nitrogens with two attached hydrogens (primary N) is 1. The lowest BCUT2D eigenvalue weighted by molar-refractivity contribution is -0.185. The first-order valence-electron chi connectivity index (χ1n) is 3.98. The van der Waals surface area contributed by atoms with Gasteiger partial charge in [0.2, 0.25) is 0 Å². The van der Waals surface area contributed by atoms with Crippen LogP contribution in [-0.2, 0) is 5.54 Å². The number of hydrogen-bond donors (Lipinski definition) is 1. The molecule has 2 N–H and O–H groups in total. The van der Waals surface area contributed by atoms with Gasteiger partial charge in [0.15, 0.2) is 0 Å². The lowest BCUT2D eigenvalue weighted by Gasteiger charge is -2.28. The quantitative estimate of drug-likeness (QED) is 0.730. The third kappa shape index (κ3) is 1.94. The molecular weight excluding hydrogens is 217 g/mol. The first-order chi connectivity index (χ1) is 6.68. The maximum Gasteiger partial charge on any atom is 0.410 e. The summed E-state index contributed by atoms with van der Waals surface area (Å²) in [5.74, 6) is -2.62. The molecule has 0 aliphatic heterocycles. The Morgan fingerprint density at radius 2 is 1.47 bits per heavy atom. The zero-order valence-electron chi connectivity index (χ0n) is 7.70. The van der Waals surface area contributed by atoms with Crippen LogP contribution >= 0.6 is 0 Å². The van der Waals surface area contributed by atoms with Gasteiger partial charge in [-0.15, -0.1) is 0 Å². The Kier molecular flexibility index (Phi) is 2.73. The summed E-state index contributed by atoms with van der Waals surface area (Å²) in [4.78, 5) is 0. The average molecular weight is 225 g/mol. The van der Waals surface area contributed by atoms with Crippen molar-refractivity contribution in [2.45, 2.75) is 18.6 Å². The molecule has 1 nitrogen and oxygen atoms in total. The van der Waals surface area contributed by atoms with Gasteiger partial charge in [-0.1, -0.05) is 6.07 Å².